The van der Waals surface area contributed by atoms with Gasteiger partial charge in [0, 0.05) is 25.2 Å². The zero-order valence-corrected chi connectivity index (χ0v) is 19.2. The summed E-state index contributed by atoms with van der Waals surface area (Å²) in [6.07, 6.45) is 7.69. The van der Waals surface area contributed by atoms with E-state index < -0.39 is 0 Å². The first-order valence-corrected chi connectivity index (χ1v) is 12.4. The second-order valence-electron chi connectivity index (χ2n) is 10.2. The quantitative estimate of drug-likeness (QED) is 0.253. The van der Waals surface area contributed by atoms with Gasteiger partial charge in [0.05, 0.1) is 17.1 Å². The van der Waals surface area contributed by atoms with Crippen molar-refractivity contribution in [3.63, 3.8) is 0 Å². The monoisotopic (exact) mass is 447 g/mol. The van der Waals surface area contributed by atoms with Crippen molar-refractivity contribution in [2.75, 3.05) is 4.90 Å². The highest BCUT2D eigenvalue weighted by Gasteiger charge is 2.37. The fourth-order valence-corrected chi connectivity index (χ4v) is 6.98. The van der Waals surface area contributed by atoms with Gasteiger partial charge < -0.3 is 0 Å². The van der Waals surface area contributed by atoms with E-state index in [2.05, 4.69) is 65.6 Å². The predicted molar refractivity (Wildman–Crippen MR) is 139 cm³/mol. The van der Waals surface area contributed by atoms with Gasteiger partial charge in [0.1, 0.15) is 5.82 Å². The summed E-state index contributed by atoms with van der Waals surface area (Å²) in [7, 11) is 0. The highest BCUT2D eigenvalue weighted by Crippen LogP contribution is 2.55. The maximum Gasteiger partial charge on any atom is 0.141 e. The van der Waals surface area contributed by atoms with Crippen molar-refractivity contribution in [1.29, 1.82) is 0 Å². The largest absolute Gasteiger partial charge is 0.292 e. The van der Waals surface area contributed by atoms with Gasteiger partial charge in [-0.3, -0.25) is 9.88 Å². The van der Waals surface area contributed by atoms with Crippen molar-refractivity contribution in [2.45, 2.75) is 25.7 Å². The molecule has 164 valence electrons. The van der Waals surface area contributed by atoms with E-state index in [0.717, 1.165) is 37.2 Å². The lowest BCUT2D eigenvalue weighted by Gasteiger charge is -2.39. The van der Waals surface area contributed by atoms with Gasteiger partial charge in [0.15, 0.2) is 0 Å². The Morgan fingerprint density at radius 2 is 1.34 bits per heavy atom. The third-order valence-corrected chi connectivity index (χ3v) is 8.36. The fraction of sp³-hybridized carbons (Fsp3) is 0.125. The first kappa shape index (κ1) is 18.1. The minimum absolute atomic E-state index is 0.872. The molecule has 3 aromatic carbocycles. The molecule has 0 bridgehead atoms. The first-order valence-electron chi connectivity index (χ1n) is 12.4. The molecule has 0 amide bonds. The van der Waals surface area contributed by atoms with E-state index >= 15 is 0 Å². The minimum Gasteiger partial charge on any atom is -0.292 e. The molecule has 0 N–H and O–H groups in total. The third kappa shape index (κ3) is 2.26. The van der Waals surface area contributed by atoms with Crippen LogP contribution in [0.3, 0.4) is 0 Å². The Kier molecular flexibility index (Phi) is 3.24. The molecule has 9 rings (SSSR count). The maximum atomic E-state index is 4.85. The lowest BCUT2D eigenvalue weighted by molar-refractivity contribution is 0.949. The van der Waals surface area contributed by atoms with E-state index in [-0.39, 0.29) is 0 Å². The van der Waals surface area contributed by atoms with E-state index in [0.29, 0.717) is 0 Å². The summed E-state index contributed by atoms with van der Waals surface area (Å²) in [5, 5.41) is 0. The van der Waals surface area contributed by atoms with Gasteiger partial charge >= 0.3 is 0 Å². The van der Waals surface area contributed by atoms with Crippen LogP contribution >= 0.6 is 0 Å². The second kappa shape index (κ2) is 6.25. The predicted octanol–water partition coefficient (Wildman–Crippen LogP) is 6.90. The van der Waals surface area contributed by atoms with E-state index in [9.17, 15) is 0 Å². The SMILES string of the molecule is c1ccc2c(c1)Cc1cc3c(cc1-2)Cc1cc2c4c(c1-3)Cc1ncccc1N4c1ncccc1C2. The average molecular weight is 448 g/mol. The number of aromatic nitrogens is 2. The number of rotatable bonds is 0. The van der Waals surface area contributed by atoms with Gasteiger partial charge in [0.2, 0.25) is 0 Å². The summed E-state index contributed by atoms with van der Waals surface area (Å²) >= 11 is 0. The van der Waals surface area contributed by atoms with Crippen LogP contribution in [0.5, 0.6) is 0 Å². The molecule has 35 heavy (non-hydrogen) atoms. The number of nitrogens with zero attached hydrogens (tertiary/aromatic N) is 3. The molecule has 5 aromatic rings. The van der Waals surface area contributed by atoms with Crippen LogP contribution in [0.2, 0.25) is 0 Å². The van der Waals surface area contributed by atoms with Gasteiger partial charge in [-0.1, -0.05) is 36.4 Å². The van der Waals surface area contributed by atoms with Crippen LogP contribution in [0.15, 0.2) is 79.1 Å². The van der Waals surface area contributed by atoms with Crippen molar-refractivity contribution in [3.05, 3.63) is 124 Å². The molecule has 0 spiro atoms. The van der Waals surface area contributed by atoms with Crippen LogP contribution in [0.25, 0.3) is 22.3 Å². The average Bonchev–Trinajstić information content (AvgIpc) is 3.44. The molecular formula is C32H21N3. The third-order valence-electron chi connectivity index (χ3n) is 8.36. The first-order chi connectivity index (χ1) is 17.3. The highest BCUT2D eigenvalue weighted by molar-refractivity contribution is 5.95. The number of hydrogen-bond donors (Lipinski definition) is 0. The lowest BCUT2D eigenvalue weighted by Crippen LogP contribution is -2.26. The molecule has 2 aliphatic heterocycles. The van der Waals surface area contributed by atoms with Gasteiger partial charge in [-0.05, 0) is 104 Å². The Morgan fingerprint density at radius 1 is 0.571 bits per heavy atom. The number of anilines is 3. The topological polar surface area (TPSA) is 29.0 Å². The van der Waals surface area contributed by atoms with Crippen molar-refractivity contribution in [2.24, 2.45) is 0 Å². The minimum atomic E-state index is 0.872. The van der Waals surface area contributed by atoms with Crippen LogP contribution in [0, 0.1) is 0 Å². The molecule has 0 saturated heterocycles. The Labute approximate surface area is 203 Å². The number of hydrogen-bond acceptors (Lipinski definition) is 3. The molecule has 3 heteroatoms. The van der Waals surface area contributed by atoms with Crippen molar-refractivity contribution in [3.8, 4) is 22.3 Å². The van der Waals surface area contributed by atoms with Crippen LogP contribution in [-0.4, -0.2) is 9.97 Å². The van der Waals surface area contributed by atoms with E-state index in [1.54, 1.807) is 0 Å². The van der Waals surface area contributed by atoms with Crippen LogP contribution in [-0.2, 0) is 25.7 Å². The van der Waals surface area contributed by atoms with Crippen molar-refractivity contribution in [1.82, 2.24) is 9.97 Å². The zero-order valence-electron chi connectivity index (χ0n) is 19.2. The molecule has 0 fully saturated rings. The van der Waals surface area contributed by atoms with Crippen molar-refractivity contribution < 1.29 is 0 Å². The zero-order chi connectivity index (χ0) is 22.7. The van der Waals surface area contributed by atoms with Gasteiger partial charge in [-0.2, -0.15) is 0 Å². The number of fused-ring (bicyclic) bond motifs is 11. The Hall–Kier alpha value is -4.24. The Bertz CT molecular complexity index is 1750. The standard InChI is InChI=1S/C32H21N3/c1-2-7-24-18(5-1)11-20-16-26-21(15-25(20)24)13-22-14-23-12-19-6-3-10-34-32(19)35-29-8-4-9-33-28(29)17-27(30(22)26)31(23)35/h1-10,14-16H,11-13,17H2. The molecule has 2 aromatic heterocycles. The van der Waals surface area contributed by atoms with Crippen LogP contribution < -0.4 is 4.90 Å². The fourth-order valence-electron chi connectivity index (χ4n) is 6.98. The summed E-state index contributed by atoms with van der Waals surface area (Å²) in [5.41, 5.74) is 19.3. The molecule has 0 unspecified atom stereocenters. The van der Waals surface area contributed by atoms with E-state index in [1.807, 2.05) is 18.5 Å². The van der Waals surface area contributed by atoms with Crippen LogP contribution in [0.1, 0.15) is 44.6 Å². The summed E-state index contributed by atoms with van der Waals surface area (Å²) in [5.74, 6) is 1.05. The summed E-state index contributed by atoms with van der Waals surface area (Å²) in [4.78, 5) is 12.1. The summed E-state index contributed by atoms with van der Waals surface area (Å²) < 4.78 is 0. The van der Waals surface area contributed by atoms with Gasteiger partial charge in [0.25, 0.3) is 0 Å². The molecule has 3 nitrogen and oxygen atoms in total. The highest BCUT2D eigenvalue weighted by atomic mass is 15.2. The lowest BCUT2D eigenvalue weighted by atomic mass is 9.84. The summed E-state index contributed by atoms with van der Waals surface area (Å²) in [6.45, 7) is 0. The molecular weight excluding hydrogens is 426 g/mol. The van der Waals surface area contributed by atoms with Gasteiger partial charge in [-0.25, -0.2) is 4.98 Å². The molecule has 4 aliphatic rings. The van der Waals surface area contributed by atoms with E-state index in [1.165, 1.54) is 72.6 Å². The normalized spacial score (nSPS) is 14.9. The Balaban J connectivity index is 1.31. The summed E-state index contributed by atoms with van der Waals surface area (Å²) in [6, 6.07) is 24.9. The van der Waals surface area contributed by atoms with Crippen molar-refractivity contribution >= 4 is 17.2 Å². The maximum absolute atomic E-state index is 4.85. The molecule has 0 saturated carbocycles. The number of benzene rings is 3. The molecule has 0 radical (unpaired) electrons. The van der Waals surface area contributed by atoms with Crippen LogP contribution in [0.4, 0.5) is 17.2 Å². The van der Waals surface area contributed by atoms with E-state index in [4.69, 9.17) is 9.97 Å². The second-order valence-corrected chi connectivity index (χ2v) is 10.2. The molecule has 0 atom stereocenters. The Morgan fingerprint density at radius 3 is 2.34 bits per heavy atom. The van der Waals surface area contributed by atoms with Gasteiger partial charge in [-0.15, -0.1) is 0 Å². The smallest absolute Gasteiger partial charge is 0.141 e. The molecule has 4 heterocycles. The number of pyridine rings is 2. The molecule has 2 aliphatic carbocycles.